The van der Waals surface area contributed by atoms with Crippen molar-refractivity contribution in [3.8, 4) is 0 Å². The van der Waals surface area contributed by atoms with E-state index >= 15 is 0 Å². The molecule has 2 aromatic heterocycles. The summed E-state index contributed by atoms with van der Waals surface area (Å²) in [6, 6.07) is 9.86. The number of benzene rings is 1. The molecule has 112 valence electrons. The van der Waals surface area contributed by atoms with Crippen LogP contribution >= 0.6 is 11.8 Å². The van der Waals surface area contributed by atoms with Gasteiger partial charge in [0, 0.05) is 0 Å². The molecule has 0 aliphatic carbocycles. The number of carboxylic acids is 1. The molecule has 3 rings (SSSR count). The van der Waals surface area contributed by atoms with Gasteiger partial charge in [-0.15, -0.1) is 5.10 Å². The average molecular weight is 315 g/mol. The Bertz CT molecular complexity index is 805. The summed E-state index contributed by atoms with van der Waals surface area (Å²) in [4.78, 5) is 19.3. The maximum absolute atomic E-state index is 11.0. The van der Waals surface area contributed by atoms with Gasteiger partial charge in [0.15, 0.2) is 11.2 Å². The molecule has 0 saturated carbocycles. The molecule has 0 aliphatic heterocycles. The third-order valence-corrected chi connectivity index (χ3v) is 4.16. The summed E-state index contributed by atoms with van der Waals surface area (Å²) >= 11 is 1.13. The van der Waals surface area contributed by atoms with Crippen LogP contribution in [0.4, 0.5) is 0 Å². The van der Waals surface area contributed by atoms with Crippen molar-refractivity contribution in [1.29, 1.82) is 0 Å². The van der Waals surface area contributed by atoms with Gasteiger partial charge >= 0.3 is 5.97 Å². The largest absolute Gasteiger partial charge is 0.480 e. The molecule has 0 bridgehead atoms. The zero-order valence-corrected chi connectivity index (χ0v) is 12.6. The molecule has 1 unspecified atom stereocenters. The van der Waals surface area contributed by atoms with Crippen LogP contribution in [0.25, 0.3) is 11.2 Å². The van der Waals surface area contributed by atoms with Gasteiger partial charge in [0.25, 0.3) is 0 Å². The fraction of sp³-hybridized carbons (Fsp3) is 0.214. The lowest BCUT2D eigenvalue weighted by molar-refractivity contribution is -0.136. The van der Waals surface area contributed by atoms with E-state index in [2.05, 4.69) is 20.3 Å². The maximum Gasteiger partial charge on any atom is 0.316 e. The van der Waals surface area contributed by atoms with E-state index in [9.17, 15) is 4.79 Å². The molecule has 0 aliphatic rings. The van der Waals surface area contributed by atoms with Crippen molar-refractivity contribution < 1.29 is 9.90 Å². The van der Waals surface area contributed by atoms with E-state index in [1.807, 2.05) is 30.3 Å². The number of aliphatic carboxylic acids is 1. The van der Waals surface area contributed by atoms with Gasteiger partial charge in [0.2, 0.25) is 0 Å². The maximum atomic E-state index is 11.0. The molecule has 0 fully saturated rings. The van der Waals surface area contributed by atoms with Crippen LogP contribution in [-0.4, -0.2) is 41.3 Å². The Morgan fingerprint density at radius 3 is 2.82 bits per heavy atom. The normalized spacial score (nSPS) is 12.4. The zero-order chi connectivity index (χ0) is 15.5. The second-order valence-electron chi connectivity index (χ2n) is 4.68. The number of carbonyl (C=O) groups is 1. The van der Waals surface area contributed by atoms with Crippen LogP contribution in [-0.2, 0) is 11.3 Å². The molecule has 8 heteroatoms. The van der Waals surface area contributed by atoms with Crippen molar-refractivity contribution in [3.05, 3.63) is 42.2 Å². The van der Waals surface area contributed by atoms with Crippen LogP contribution in [0.5, 0.6) is 0 Å². The summed E-state index contributed by atoms with van der Waals surface area (Å²) in [5.74, 6) is -0.895. The lowest BCUT2D eigenvalue weighted by atomic mass is 10.2. The highest BCUT2D eigenvalue weighted by Crippen LogP contribution is 2.26. The van der Waals surface area contributed by atoms with Crippen LogP contribution in [0.15, 0.2) is 41.7 Å². The van der Waals surface area contributed by atoms with Crippen LogP contribution < -0.4 is 0 Å². The van der Waals surface area contributed by atoms with E-state index in [0.29, 0.717) is 22.7 Å². The first kappa shape index (κ1) is 14.5. The van der Waals surface area contributed by atoms with E-state index in [0.717, 1.165) is 17.3 Å². The fourth-order valence-corrected chi connectivity index (χ4v) is 2.73. The van der Waals surface area contributed by atoms with Crippen molar-refractivity contribution >= 4 is 28.9 Å². The van der Waals surface area contributed by atoms with Crippen molar-refractivity contribution in [2.45, 2.75) is 23.7 Å². The summed E-state index contributed by atoms with van der Waals surface area (Å²) in [7, 11) is 0. The summed E-state index contributed by atoms with van der Waals surface area (Å²) < 4.78 is 1.68. The third-order valence-electron chi connectivity index (χ3n) is 3.08. The summed E-state index contributed by atoms with van der Waals surface area (Å²) in [5.41, 5.74) is 2.21. The van der Waals surface area contributed by atoms with Crippen LogP contribution in [0, 0.1) is 0 Å². The molecule has 0 amide bonds. The lowest BCUT2D eigenvalue weighted by Crippen LogP contribution is -2.11. The fourth-order valence-electron chi connectivity index (χ4n) is 1.94. The first-order valence-electron chi connectivity index (χ1n) is 6.62. The smallest absolute Gasteiger partial charge is 0.316 e. The number of fused-ring (bicyclic) bond motifs is 1. The standard InChI is InChI=1S/C14H13N5O2S/c1-9(14(20)21)22-13-11-12(15-8-16-13)19(18-17-11)7-10-5-3-2-4-6-10/h2-6,8-9H,7H2,1H3,(H,20,21). The summed E-state index contributed by atoms with van der Waals surface area (Å²) in [5, 5.41) is 17.1. The van der Waals surface area contributed by atoms with Gasteiger partial charge in [0.05, 0.1) is 6.54 Å². The molecular formula is C14H13N5O2S. The van der Waals surface area contributed by atoms with Gasteiger partial charge in [0.1, 0.15) is 16.6 Å². The van der Waals surface area contributed by atoms with Gasteiger partial charge < -0.3 is 5.11 Å². The molecule has 0 radical (unpaired) electrons. The number of rotatable bonds is 5. The lowest BCUT2D eigenvalue weighted by Gasteiger charge is -2.05. The Morgan fingerprint density at radius 1 is 1.32 bits per heavy atom. The number of carboxylic acid groups (broad SMARTS) is 1. The summed E-state index contributed by atoms with van der Waals surface area (Å²) in [6.07, 6.45) is 1.41. The molecule has 0 saturated heterocycles. The third kappa shape index (κ3) is 2.91. The molecule has 7 nitrogen and oxygen atoms in total. The Balaban J connectivity index is 1.93. The monoisotopic (exact) mass is 315 g/mol. The van der Waals surface area contributed by atoms with E-state index in [1.54, 1.807) is 11.6 Å². The number of aromatic nitrogens is 5. The molecule has 1 aromatic carbocycles. The Morgan fingerprint density at radius 2 is 2.09 bits per heavy atom. The highest BCUT2D eigenvalue weighted by Gasteiger charge is 2.18. The van der Waals surface area contributed by atoms with E-state index in [1.165, 1.54) is 6.33 Å². The minimum absolute atomic E-state index is 0.525. The van der Waals surface area contributed by atoms with Crippen molar-refractivity contribution in [2.75, 3.05) is 0 Å². The Kier molecular flexibility index (Phi) is 4.01. The van der Waals surface area contributed by atoms with Gasteiger partial charge in [-0.05, 0) is 12.5 Å². The molecule has 1 N–H and O–H groups in total. The molecule has 2 heterocycles. The minimum Gasteiger partial charge on any atom is -0.480 e. The topological polar surface area (TPSA) is 93.8 Å². The molecule has 0 spiro atoms. The molecular weight excluding hydrogens is 302 g/mol. The zero-order valence-electron chi connectivity index (χ0n) is 11.7. The van der Waals surface area contributed by atoms with Crippen LogP contribution in [0.2, 0.25) is 0 Å². The second-order valence-corrected chi connectivity index (χ2v) is 6.01. The number of nitrogens with zero attached hydrogens (tertiary/aromatic N) is 5. The van der Waals surface area contributed by atoms with Gasteiger partial charge in [-0.25, -0.2) is 14.6 Å². The molecule has 1 atom stereocenters. The van der Waals surface area contributed by atoms with Gasteiger partial charge in [-0.3, -0.25) is 4.79 Å². The minimum atomic E-state index is -0.895. The van der Waals surface area contributed by atoms with E-state index in [4.69, 9.17) is 5.11 Å². The Labute approximate surface area is 130 Å². The highest BCUT2D eigenvalue weighted by molar-refractivity contribution is 8.00. The van der Waals surface area contributed by atoms with Gasteiger partial charge in [-0.1, -0.05) is 47.3 Å². The molecule has 3 aromatic rings. The van der Waals surface area contributed by atoms with Crippen molar-refractivity contribution in [3.63, 3.8) is 0 Å². The summed E-state index contributed by atoms with van der Waals surface area (Å²) in [6.45, 7) is 2.16. The second kappa shape index (κ2) is 6.10. The van der Waals surface area contributed by atoms with E-state index in [-0.39, 0.29) is 0 Å². The highest BCUT2D eigenvalue weighted by atomic mass is 32.2. The molecule has 22 heavy (non-hydrogen) atoms. The SMILES string of the molecule is CC(Sc1ncnc2c1nnn2Cc1ccccc1)C(=O)O. The average Bonchev–Trinajstić information content (AvgIpc) is 2.92. The van der Waals surface area contributed by atoms with E-state index < -0.39 is 11.2 Å². The first-order valence-corrected chi connectivity index (χ1v) is 7.50. The number of thioether (sulfide) groups is 1. The van der Waals surface area contributed by atoms with Crippen molar-refractivity contribution in [2.24, 2.45) is 0 Å². The Hall–Kier alpha value is -2.48. The van der Waals surface area contributed by atoms with Gasteiger partial charge in [-0.2, -0.15) is 0 Å². The van der Waals surface area contributed by atoms with Crippen molar-refractivity contribution in [1.82, 2.24) is 25.0 Å². The quantitative estimate of drug-likeness (QED) is 0.567. The van der Waals surface area contributed by atoms with Crippen LogP contribution in [0.3, 0.4) is 0 Å². The van der Waals surface area contributed by atoms with Crippen LogP contribution in [0.1, 0.15) is 12.5 Å². The number of hydrogen-bond donors (Lipinski definition) is 1. The predicted molar refractivity (Wildman–Crippen MR) is 81.6 cm³/mol. The first-order chi connectivity index (χ1) is 10.6. The number of hydrogen-bond acceptors (Lipinski definition) is 6. The predicted octanol–water partition coefficient (Wildman–Crippen LogP) is 1.83.